The van der Waals surface area contributed by atoms with Crippen molar-refractivity contribution < 1.29 is 9.21 Å². The van der Waals surface area contributed by atoms with Crippen molar-refractivity contribution in [2.45, 2.75) is 6.92 Å². The predicted molar refractivity (Wildman–Crippen MR) is 95.6 cm³/mol. The number of aromatic nitrogens is 4. The molecule has 0 spiro atoms. The van der Waals surface area contributed by atoms with E-state index in [-0.39, 0.29) is 11.9 Å². The van der Waals surface area contributed by atoms with Gasteiger partial charge in [0, 0.05) is 16.3 Å². The second kappa shape index (κ2) is 6.54. The van der Waals surface area contributed by atoms with Gasteiger partial charge >= 0.3 is 6.01 Å². The third-order valence-corrected chi connectivity index (χ3v) is 4.91. The number of hydrogen-bond donors (Lipinski definition) is 1. The van der Waals surface area contributed by atoms with Crippen LogP contribution in [0.4, 0.5) is 6.01 Å². The molecule has 0 saturated heterocycles. The number of benzene rings is 1. The van der Waals surface area contributed by atoms with E-state index in [4.69, 9.17) is 4.42 Å². The Morgan fingerprint density at radius 1 is 1.08 bits per heavy atom. The molecule has 1 N–H and O–H groups in total. The van der Waals surface area contributed by atoms with Gasteiger partial charge in [-0.3, -0.25) is 10.1 Å². The molecule has 25 heavy (non-hydrogen) atoms. The molecule has 0 aliphatic carbocycles. The molecule has 0 aliphatic rings. The van der Waals surface area contributed by atoms with Gasteiger partial charge in [0.25, 0.3) is 11.8 Å². The zero-order valence-electron chi connectivity index (χ0n) is 13.0. The third kappa shape index (κ3) is 3.32. The number of anilines is 1. The van der Waals surface area contributed by atoms with Crippen LogP contribution in [0.2, 0.25) is 0 Å². The van der Waals surface area contributed by atoms with Crippen LogP contribution in [0.3, 0.4) is 0 Å². The molecule has 0 atom stereocenters. The van der Waals surface area contributed by atoms with Gasteiger partial charge in [-0.05, 0) is 6.92 Å². The minimum atomic E-state index is -0.400. The molecule has 1 amide bonds. The second-order valence-corrected chi connectivity index (χ2v) is 6.94. The van der Waals surface area contributed by atoms with Crippen molar-refractivity contribution in [2.75, 3.05) is 5.32 Å². The topological polar surface area (TPSA) is 93.8 Å². The number of amides is 1. The molecule has 1 aromatic carbocycles. The summed E-state index contributed by atoms with van der Waals surface area (Å²) in [4.78, 5) is 20.9. The van der Waals surface area contributed by atoms with Crippen molar-refractivity contribution >= 4 is 34.6 Å². The molecule has 0 unspecified atom stereocenters. The maximum absolute atomic E-state index is 12.3. The fraction of sp³-hybridized carbons (Fsp3) is 0.0625. The van der Waals surface area contributed by atoms with Crippen molar-refractivity contribution in [3.05, 3.63) is 51.8 Å². The number of nitrogens with one attached hydrogen (secondary N) is 1. The SMILES string of the molecule is Cc1nc(-c2nnc(NC(=O)c3csc(-c4ccccc4)n3)o2)cs1. The smallest absolute Gasteiger partial charge is 0.322 e. The normalized spacial score (nSPS) is 10.8. The molecule has 0 radical (unpaired) electrons. The summed E-state index contributed by atoms with van der Waals surface area (Å²) in [6, 6.07) is 9.69. The van der Waals surface area contributed by atoms with Crippen molar-refractivity contribution in [1.82, 2.24) is 20.2 Å². The van der Waals surface area contributed by atoms with Crippen LogP contribution in [-0.2, 0) is 0 Å². The van der Waals surface area contributed by atoms with E-state index in [9.17, 15) is 4.79 Å². The first-order valence-corrected chi connectivity index (χ1v) is 9.03. The standard InChI is InChI=1S/C16H11N5O2S2/c1-9-17-12(8-24-9)14-20-21-16(23-14)19-13(22)11-7-25-15(18-11)10-5-3-2-4-6-10/h2-8H,1H3,(H,19,21,22). The number of carbonyl (C=O) groups excluding carboxylic acids is 1. The van der Waals surface area contributed by atoms with Crippen molar-refractivity contribution in [3.63, 3.8) is 0 Å². The molecule has 4 aromatic rings. The Morgan fingerprint density at radius 3 is 2.68 bits per heavy atom. The molecule has 0 aliphatic heterocycles. The van der Waals surface area contributed by atoms with Crippen molar-refractivity contribution in [1.29, 1.82) is 0 Å². The molecule has 124 valence electrons. The van der Waals surface area contributed by atoms with Gasteiger partial charge < -0.3 is 4.42 Å². The van der Waals surface area contributed by atoms with Crippen LogP contribution in [0.5, 0.6) is 0 Å². The van der Waals surface area contributed by atoms with E-state index >= 15 is 0 Å². The first kappa shape index (κ1) is 15.6. The summed E-state index contributed by atoms with van der Waals surface area (Å²) in [6.07, 6.45) is 0. The van der Waals surface area contributed by atoms with Crippen molar-refractivity contribution in [3.8, 4) is 22.2 Å². The van der Waals surface area contributed by atoms with Crippen molar-refractivity contribution in [2.24, 2.45) is 0 Å². The minimum absolute atomic E-state index is 0.0138. The van der Waals surface area contributed by atoms with Crippen LogP contribution >= 0.6 is 22.7 Å². The summed E-state index contributed by atoms with van der Waals surface area (Å²) < 4.78 is 5.43. The van der Waals surface area contributed by atoms with E-state index in [1.165, 1.54) is 22.7 Å². The highest BCUT2D eigenvalue weighted by Gasteiger charge is 2.16. The molecule has 4 rings (SSSR count). The van der Waals surface area contributed by atoms with Gasteiger partial charge in [-0.2, -0.15) is 0 Å². The molecule has 0 bridgehead atoms. The number of rotatable bonds is 4. The highest BCUT2D eigenvalue weighted by Crippen LogP contribution is 2.24. The number of aryl methyl sites for hydroxylation is 1. The summed E-state index contributed by atoms with van der Waals surface area (Å²) in [5.74, 6) is -0.133. The molecule has 7 nitrogen and oxygen atoms in total. The summed E-state index contributed by atoms with van der Waals surface area (Å²) >= 11 is 2.88. The maximum Gasteiger partial charge on any atom is 0.322 e. The van der Waals surface area contributed by atoms with E-state index in [0.717, 1.165) is 15.6 Å². The second-order valence-electron chi connectivity index (χ2n) is 5.02. The fourth-order valence-electron chi connectivity index (χ4n) is 2.09. The van der Waals surface area contributed by atoms with E-state index in [2.05, 4.69) is 25.5 Å². The molecule has 3 heterocycles. The Morgan fingerprint density at radius 2 is 1.92 bits per heavy atom. The molecule has 0 fully saturated rings. The van der Waals surface area contributed by atoms with Gasteiger partial charge in [0.2, 0.25) is 0 Å². The van der Waals surface area contributed by atoms with Crippen LogP contribution in [0.15, 0.2) is 45.5 Å². The number of nitrogens with zero attached hydrogens (tertiary/aromatic N) is 4. The zero-order valence-corrected chi connectivity index (χ0v) is 14.6. The molecular weight excluding hydrogens is 358 g/mol. The van der Waals surface area contributed by atoms with E-state index in [0.29, 0.717) is 11.4 Å². The van der Waals surface area contributed by atoms with Crippen LogP contribution in [0, 0.1) is 6.92 Å². The highest BCUT2D eigenvalue weighted by atomic mass is 32.1. The lowest BCUT2D eigenvalue weighted by Crippen LogP contribution is -2.12. The monoisotopic (exact) mass is 369 g/mol. The Bertz CT molecular complexity index is 1020. The first-order chi connectivity index (χ1) is 12.2. The lowest BCUT2D eigenvalue weighted by molar-refractivity contribution is 0.102. The number of carbonyl (C=O) groups is 1. The molecule has 9 heteroatoms. The Labute approximate surface area is 150 Å². The van der Waals surface area contributed by atoms with Gasteiger partial charge in [0.05, 0.1) is 5.01 Å². The van der Waals surface area contributed by atoms with Crippen LogP contribution in [-0.4, -0.2) is 26.1 Å². The quantitative estimate of drug-likeness (QED) is 0.587. The lowest BCUT2D eigenvalue weighted by atomic mass is 10.2. The van der Waals surface area contributed by atoms with Crippen LogP contribution in [0.1, 0.15) is 15.5 Å². The Balaban J connectivity index is 1.49. The largest absolute Gasteiger partial charge is 0.401 e. The predicted octanol–water partition coefficient (Wildman–Crippen LogP) is 3.88. The summed E-state index contributed by atoms with van der Waals surface area (Å²) in [5, 5.41) is 15.5. The lowest BCUT2D eigenvalue weighted by Gasteiger charge is -1.96. The Kier molecular flexibility index (Phi) is 4.08. The van der Waals surface area contributed by atoms with Gasteiger partial charge in [-0.1, -0.05) is 35.4 Å². The average molecular weight is 369 g/mol. The van der Waals surface area contributed by atoms with Crippen LogP contribution in [0.25, 0.3) is 22.2 Å². The minimum Gasteiger partial charge on any atom is -0.401 e. The van der Waals surface area contributed by atoms with E-state index in [1.807, 2.05) is 42.6 Å². The maximum atomic E-state index is 12.3. The fourth-order valence-corrected chi connectivity index (χ4v) is 3.48. The first-order valence-electron chi connectivity index (χ1n) is 7.27. The molecule has 0 saturated carbocycles. The zero-order chi connectivity index (χ0) is 17.2. The van der Waals surface area contributed by atoms with Gasteiger partial charge in [-0.25, -0.2) is 9.97 Å². The van der Waals surface area contributed by atoms with E-state index in [1.54, 1.807) is 5.38 Å². The highest BCUT2D eigenvalue weighted by molar-refractivity contribution is 7.13. The summed E-state index contributed by atoms with van der Waals surface area (Å²) in [5.41, 5.74) is 1.86. The number of thiazole rings is 2. The van der Waals surface area contributed by atoms with E-state index < -0.39 is 5.91 Å². The Hall–Kier alpha value is -2.91. The average Bonchev–Trinajstić information content (AvgIpc) is 3.35. The number of hydrogen-bond acceptors (Lipinski definition) is 8. The molecule has 3 aromatic heterocycles. The van der Waals surface area contributed by atoms with Crippen LogP contribution < -0.4 is 5.32 Å². The van der Waals surface area contributed by atoms with Gasteiger partial charge in [0.15, 0.2) is 0 Å². The third-order valence-electron chi connectivity index (χ3n) is 3.24. The summed E-state index contributed by atoms with van der Waals surface area (Å²) in [7, 11) is 0. The van der Waals surface area contributed by atoms with Gasteiger partial charge in [-0.15, -0.1) is 27.8 Å². The molecular formula is C16H11N5O2S2. The summed E-state index contributed by atoms with van der Waals surface area (Å²) in [6.45, 7) is 1.89. The van der Waals surface area contributed by atoms with Gasteiger partial charge in [0.1, 0.15) is 16.4 Å².